The van der Waals surface area contributed by atoms with Crippen molar-refractivity contribution in [1.82, 2.24) is 4.72 Å². The molecule has 2 unspecified atom stereocenters. The van der Waals surface area contributed by atoms with Crippen molar-refractivity contribution >= 4 is 27.5 Å². The molecule has 0 radical (unpaired) electrons. The number of carbonyl (C=O) groups is 1. The van der Waals surface area contributed by atoms with Gasteiger partial charge in [0.1, 0.15) is 5.76 Å². The van der Waals surface area contributed by atoms with Gasteiger partial charge in [0.2, 0.25) is 5.09 Å². The van der Waals surface area contributed by atoms with Crippen LogP contribution in [0.4, 0.5) is 10.5 Å². The van der Waals surface area contributed by atoms with Crippen LogP contribution in [0.2, 0.25) is 0 Å². The number of nitrogens with one attached hydrogen (secondary N) is 2. The van der Waals surface area contributed by atoms with Crippen molar-refractivity contribution in [3.8, 4) is 0 Å². The summed E-state index contributed by atoms with van der Waals surface area (Å²) >= 11 is 0. The number of sulfonamides is 1. The zero-order valence-corrected chi connectivity index (χ0v) is 18.4. The molecule has 0 spiro atoms. The quantitative estimate of drug-likeness (QED) is 0.480. The molecule has 1 heterocycles. The fourth-order valence-electron chi connectivity index (χ4n) is 6.12. The second kappa shape index (κ2) is 7.10. The summed E-state index contributed by atoms with van der Waals surface area (Å²) < 4.78 is 33.7. The topological polar surface area (TPSA) is 121 Å². The third-order valence-electron chi connectivity index (χ3n) is 7.52. The Kier molecular flexibility index (Phi) is 4.40. The smallest absolute Gasteiger partial charge is 0.333 e. The molecule has 6 rings (SSSR count). The van der Waals surface area contributed by atoms with E-state index >= 15 is 0 Å². The Balaban J connectivity index is 1.27. The van der Waals surface area contributed by atoms with Gasteiger partial charge < -0.3 is 14.9 Å². The van der Waals surface area contributed by atoms with Crippen molar-refractivity contribution in [2.24, 2.45) is 11.1 Å². The molecule has 2 aromatic rings. The highest BCUT2D eigenvalue weighted by Gasteiger charge is 2.42. The Morgan fingerprint density at radius 2 is 1.72 bits per heavy atom. The molecule has 3 N–H and O–H groups in total. The molecule has 2 bridgehead atoms. The van der Waals surface area contributed by atoms with Gasteiger partial charge in [-0.3, -0.25) is 0 Å². The van der Waals surface area contributed by atoms with E-state index in [0.29, 0.717) is 17.0 Å². The first-order chi connectivity index (χ1) is 15.4. The van der Waals surface area contributed by atoms with Gasteiger partial charge >= 0.3 is 6.03 Å². The molecule has 8 nitrogen and oxygen atoms in total. The highest BCUT2D eigenvalue weighted by atomic mass is 32.2. The van der Waals surface area contributed by atoms with Crippen LogP contribution in [-0.4, -0.2) is 25.4 Å². The van der Waals surface area contributed by atoms with Gasteiger partial charge in [-0.25, -0.2) is 9.52 Å². The highest BCUT2D eigenvalue weighted by molar-refractivity contribution is 7.89. The Hall–Kier alpha value is -2.81. The van der Waals surface area contributed by atoms with Crippen LogP contribution in [0.15, 0.2) is 26.8 Å². The number of benzene rings is 1. The summed E-state index contributed by atoms with van der Waals surface area (Å²) in [6.45, 7) is 0. The van der Waals surface area contributed by atoms with Crippen LogP contribution < -0.4 is 10.0 Å². The van der Waals surface area contributed by atoms with Gasteiger partial charge in [-0.15, -0.1) is 0 Å². The number of rotatable bonds is 3. The number of amides is 2. The number of anilines is 1. The van der Waals surface area contributed by atoms with Crippen LogP contribution in [0, 0.1) is 5.92 Å². The zero-order valence-electron chi connectivity index (χ0n) is 17.6. The van der Waals surface area contributed by atoms with Crippen molar-refractivity contribution in [2.75, 3.05) is 5.32 Å². The van der Waals surface area contributed by atoms with Crippen LogP contribution in [0.25, 0.3) is 0 Å². The van der Waals surface area contributed by atoms with E-state index in [1.807, 2.05) is 0 Å². The minimum atomic E-state index is -4.22. The molecule has 0 aliphatic heterocycles. The van der Waals surface area contributed by atoms with Crippen molar-refractivity contribution in [1.29, 1.82) is 0 Å². The van der Waals surface area contributed by atoms with E-state index in [1.54, 1.807) is 0 Å². The monoisotopic (exact) mass is 455 g/mol. The fourth-order valence-corrected chi connectivity index (χ4v) is 6.99. The summed E-state index contributed by atoms with van der Waals surface area (Å²) in [7, 11) is -4.22. The second-order valence-electron chi connectivity index (χ2n) is 9.33. The molecule has 2 atom stereocenters. The third-order valence-corrected chi connectivity index (χ3v) is 8.70. The number of fused-ring (bicyclic) bond motifs is 6. The highest BCUT2D eigenvalue weighted by Crippen LogP contribution is 2.47. The number of hydrogen-bond acceptors (Lipinski definition) is 6. The number of oxime groups is 1. The Morgan fingerprint density at radius 1 is 1.03 bits per heavy atom. The molecule has 9 heteroatoms. The molecule has 1 saturated carbocycles. The van der Waals surface area contributed by atoms with Crippen molar-refractivity contribution in [3.05, 3.63) is 45.7 Å². The SMILES string of the molecule is O=C(Nc1c2c(cc3c1CCC3)CCC2)NS(=O)(=O)c1cc2c(o1)C1CCC(C1)/C2=N/O. The Morgan fingerprint density at radius 3 is 2.41 bits per heavy atom. The van der Waals surface area contributed by atoms with Crippen LogP contribution in [0.5, 0.6) is 0 Å². The van der Waals surface area contributed by atoms with Crippen LogP contribution in [-0.2, 0) is 35.7 Å². The first-order valence-corrected chi connectivity index (χ1v) is 12.8. The number of aryl methyl sites for hydroxylation is 2. The molecule has 4 aliphatic carbocycles. The largest absolute Gasteiger partial charge is 0.447 e. The van der Waals surface area contributed by atoms with E-state index in [0.717, 1.165) is 74.6 Å². The summed E-state index contributed by atoms with van der Waals surface area (Å²) in [5.74, 6) is 0.767. The summed E-state index contributed by atoms with van der Waals surface area (Å²) in [6, 6.07) is 2.85. The minimum Gasteiger partial charge on any atom is -0.447 e. The number of nitrogens with zero attached hydrogens (tertiary/aromatic N) is 1. The maximum atomic E-state index is 13.0. The second-order valence-corrected chi connectivity index (χ2v) is 10.9. The number of carbonyl (C=O) groups excluding carboxylic acids is 1. The average Bonchev–Trinajstić information content (AvgIpc) is 3.54. The van der Waals surface area contributed by atoms with E-state index in [1.165, 1.54) is 17.2 Å². The molecular weight excluding hydrogens is 430 g/mol. The standard InChI is InChI=1S/C23H25N3O5S/c27-23(24-21-16-5-1-3-12(16)9-13-4-2-6-17(13)21)26-32(29,30)19-11-18-20(25-28)14-7-8-15(10-14)22(18)31-19/h9,11,14-15,28H,1-8,10H2,(H2,24,26,27)/b25-20-. The number of urea groups is 1. The van der Waals surface area contributed by atoms with E-state index in [-0.39, 0.29) is 16.9 Å². The van der Waals surface area contributed by atoms with E-state index in [4.69, 9.17) is 4.42 Å². The van der Waals surface area contributed by atoms with Gasteiger partial charge in [-0.1, -0.05) is 11.2 Å². The third kappa shape index (κ3) is 2.97. The Bertz CT molecular complexity index is 1240. The van der Waals surface area contributed by atoms with E-state index in [2.05, 4.69) is 21.3 Å². The summed E-state index contributed by atoms with van der Waals surface area (Å²) in [4.78, 5) is 12.8. The van der Waals surface area contributed by atoms with Crippen molar-refractivity contribution in [2.45, 2.75) is 68.8 Å². The lowest BCUT2D eigenvalue weighted by atomic mass is 9.86. The molecule has 0 saturated heterocycles. The molecule has 4 aliphatic rings. The molecule has 1 aromatic heterocycles. The number of hydrogen-bond donors (Lipinski definition) is 3. The lowest BCUT2D eigenvalue weighted by molar-refractivity contribution is 0.256. The predicted molar refractivity (Wildman–Crippen MR) is 117 cm³/mol. The van der Waals surface area contributed by atoms with Crippen molar-refractivity contribution in [3.63, 3.8) is 0 Å². The summed E-state index contributed by atoms with van der Waals surface area (Å²) in [6.07, 6.45) is 8.40. The first kappa shape index (κ1) is 19.8. The van der Waals surface area contributed by atoms with Gasteiger partial charge in [0.25, 0.3) is 10.0 Å². The molecule has 1 aromatic carbocycles. The average molecular weight is 456 g/mol. The van der Waals surface area contributed by atoms with Gasteiger partial charge in [0.05, 0.1) is 5.71 Å². The molecule has 168 valence electrons. The fraction of sp³-hybridized carbons (Fsp3) is 0.478. The van der Waals surface area contributed by atoms with Crippen LogP contribution in [0.3, 0.4) is 0 Å². The first-order valence-electron chi connectivity index (χ1n) is 11.3. The zero-order chi connectivity index (χ0) is 22.0. The Labute approximate surface area is 186 Å². The summed E-state index contributed by atoms with van der Waals surface area (Å²) in [5.41, 5.74) is 6.57. The maximum Gasteiger partial charge on any atom is 0.333 e. The van der Waals surface area contributed by atoms with Crippen LogP contribution >= 0.6 is 0 Å². The van der Waals surface area contributed by atoms with Gasteiger partial charge in [0, 0.05) is 29.2 Å². The van der Waals surface area contributed by atoms with E-state index < -0.39 is 16.1 Å². The molecular formula is C23H25N3O5S. The predicted octanol–water partition coefficient (Wildman–Crippen LogP) is 3.84. The normalized spacial score (nSPS) is 24.3. The van der Waals surface area contributed by atoms with Gasteiger partial charge in [-0.05, 0) is 80.0 Å². The lowest BCUT2D eigenvalue weighted by Crippen LogP contribution is -2.34. The van der Waals surface area contributed by atoms with Gasteiger partial charge in [0.15, 0.2) is 0 Å². The van der Waals surface area contributed by atoms with Crippen LogP contribution in [0.1, 0.15) is 71.6 Å². The molecule has 2 amide bonds. The molecule has 32 heavy (non-hydrogen) atoms. The minimum absolute atomic E-state index is 0.115. The lowest BCUT2D eigenvalue weighted by Gasteiger charge is -2.18. The number of furan rings is 1. The maximum absolute atomic E-state index is 13.0. The van der Waals surface area contributed by atoms with E-state index in [9.17, 15) is 18.4 Å². The molecule has 1 fully saturated rings. The van der Waals surface area contributed by atoms with Gasteiger partial charge in [-0.2, -0.15) is 8.42 Å². The van der Waals surface area contributed by atoms with Crippen molar-refractivity contribution < 1.29 is 22.8 Å². The summed E-state index contributed by atoms with van der Waals surface area (Å²) in [5, 5.41) is 15.4.